The van der Waals surface area contributed by atoms with Crippen LogP contribution in [0.25, 0.3) is 0 Å². The predicted molar refractivity (Wildman–Crippen MR) is 91.4 cm³/mol. The Bertz CT molecular complexity index is 602. The van der Waals surface area contributed by atoms with Crippen LogP contribution in [0, 0.1) is 6.92 Å². The fraction of sp³-hybridized carbons (Fsp3) is 0.444. The third kappa shape index (κ3) is 4.27. The first-order valence-corrected chi connectivity index (χ1v) is 8.24. The van der Waals surface area contributed by atoms with Gasteiger partial charge in [0.1, 0.15) is 0 Å². The Labute approximate surface area is 137 Å². The highest BCUT2D eigenvalue weighted by Crippen LogP contribution is 2.18. The molecular formula is C18H24N4O. The number of hydrogen-bond acceptors (Lipinski definition) is 5. The number of aliphatic hydroxyl groups excluding tert-OH is 1. The average Bonchev–Trinajstić information content (AvgIpc) is 2.61. The molecule has 1 fully saturated rings. The van der Waals surface area contributed by atoms with E-state index in [1.54, 1.807) is 0 Å². The minimum atomic E-state index is -0.467. The van der Waals surface area contributed by atoms with E-state index in [4.69, 9.17) is 0 Å². The van der Waals surface area contributed by atoms with Crippen LogP contribution in [0.3, 0.4) is 0 Å². The molecule has 3 rings (SSSR count). The van der Waals surface area contributed by atoms with Gasteiger partial charge in [-0.1, -0.05) is 30.3 Å². The van der Waals surface area contributed by atoms with Crippen molar-refractivity contribution in [1.82, 2.24) is 15.5 Å². The van der Waals surface area contributed by atoms with Gasteiger partial charge in [-0.05, 0) is 37.5 Å². The van der Waals surface area contributed by atoms with Gasteiger partial charge in [-0.3, -0.25) is 0 Å². The molecule has 0 unspecified atom stereocenters. The number of rotatable bonds is 5. The average molecular weight is 312 g/mol. The van der Waals surface area contributed by atoms with Crippen molar-refractivity contribution >= 4 is 5.82 Å². The SMILES string of the molecule is Cc1ccc(N2CCC[C@@H](NC[C@H](O)c3ccccc3)C2)nn1. The van der Waals surface area contributed by atoms with Gasteiger partial charge in [0.15, 0.2) is 5.82 Å². The van der Waals surface area contributed by atoms with Gasteiger partial charge in [0.25, 0.3) is 0 Å². The molecule has 2 atom stereocenters. The molecule has 1 aromatic heterocycles. The zero-order valence-corrected chi connectivity index (χ0v) is 13.5. The lowest BCUT2D eigenvalue weighted by molar-refractivity contribution is 0.168. The van der Waals surface area contributed by atoms with Gasteiger partial charge in [-0.2, -0.15) is 5.10 Å². The Kier molecular flexibility index (Phi) is 5.20. The topological polar surface area (TPSA) is 61.3 Å². The number of aromatic nitrogens is 2. The molecule has 1 aliphatic rings. The highest BCUT2D eigenvalue weighted by molar-refractivity contribution is 5.38. The predicted octanol–water partition coefficient (Wildman–Crippen LogP) is 2.08. The summed E-state index contributed by atoms with van der Waals surface area (Å²) in [5.41, 5.74) is 1.89. The Balaban J connectivity index is 1.53. The third-order valence-electron chi connectivity index (χ3n) is 4.31. The molecule has 2 aromatic rings. The number of aliphatic hydroxyl groups is 1. The number of piperidine rings is 1. The van der Waals surface area contributed by atoms with Crippen molar-refractivity contribution in [3.8, 4) is 0 Å². The van der Waals surface area contributed by atoms with Crippen molar-refractivity contribution in [3.63, 3.8) is 0 Å². The summed E-state index contributed by atoms with van der Waals surface area (Å²) in [5.74, 6) is 0.936. The van der Waals surface area contributed by atoms with E-state index in [0.29, 0.717) is 12.6 Å². The summed E-state index contributed by atoms with van der Waals surface area (Å²) in [6, 6.07) is 14.2. The lowest BCUT2D eigenvalue weighted by Crippen LogP contribution is -2.47. The summed E-state index contributed by atoms with van der Waals surface area (Å²) in [6.45, 7) is 4.43. The van der Waals surface area contributed by atoms with E-state index < -0.39 is 6.10 Å². The molecule has 0 saturated carbocycles. The fourth-order valence-electron chi connectivity index (χ4n) is 2.98. The maximum atomic E-state index is 10.3. The van der Waals surface area contributed by atoms with Crippen LogP contribution in [-0.4, -0.2) is 41.0 Å². The van der Waals surface area contributed by atoms with E-state index in [1.807, 2.05) is 49.4 Å². The van der Waals surface area contributed by atoms with E-state index in [0.717, 1.165) is 43.0 Å². The molecular weight excluding hydrogens is 288 g/mol. The molecule has 2 N–H and O–H groups in total. The molecule has 0 aliphatic carbocycles. The van der Waals surface area contributed by atoms with E-state index in [9.17, 15) is 5.11 Å². The van der Waals surface area contributed by atoms with Gasteiger partial charge in [-0.25, -0.2) is 0 Å². The van der Waals surface area contributed by atoms with Crippen molar-refractivity contribution in [2.75, 3.05) is 24.5 Å². The standard InChI is InChI=1S/C18H24N4O/c1-14-9-10-18(21-20-14)22-11-5-8-16(13-22)19-12-17(23)15-6-3-2-4-7-15/h2-4,6-7,9-10,16-17,19,23H,5,8,11-13H2,1H3/t16-,17+/m1/s1. The van der Waals surface area contributed by atoms with Gasteiger partial charge < -0.3 is 15.3 Å². The maximum Gasteiger partial charge on any atom is 0.151 e. The van der Waals surface area contributed by atoms with E-state index in [-0.39, 0.29) is 0 Å². The van der Waals surface area contributed by atoms with Crippen LogP contribution < -0.4 is 10.2 Å². The molecule has 23 heavy (non-hydrogen) atoms. The number of anilines is 1. The first-order valence-electron chi connectivity index (χ1n) is 8.24. The number of hydrogen-bond donors (Lipinski definition) is 2. The highest BCUT2D eigenvalue weighted by atomic mass is 16.3. The Hall–Kier alpha value is -1.98. The lowest BCUT2D eigenvalue weighted by atomic mass is 10.0. The van der Waals surface area contributed by atoms with Crippen molar-refractivity contribution in [1.29, 1.82) is 0 Å². The fourth-order valence-corrected chi connectivity index (χ4v) is 2.98. The van der Waals surface area contributed by atoms with Gasteiger partial charge in [0, 0.05) is 25.7 Å². The summed E-state index contributed by atoms with van der Waals surface area (Å²) in [7, 11) is 0. The van der Waals surface area contributed by atoms with Gasteiger partial charge in [0.05, 0.1) is 11.8 Å². The quantitative estimate of drug-likeness (QED) is 0.885. The summed E-state index contributed by atoms with van der Waals surface area (Å²) < 4.78 is 0. The van der Waals surface area contributed by atoms with Crippen molar-refractivity contribution in [3.05, 3.63) is 53.7 Å². The molecule has 0 bridgehead atoms. The summed E-state index contributed by atoms with van der Waals surface area (Å²) in [5, 5.41) is 22.2. The highest BCUT2D eigenvalue weighted by Gasteiger charge is 2.21. The summed E-state index contributed by atoms with van der Waals surface area (Å²) in [6.07, 6.45) is 1.78. The first-order chi connectivity index (χ1) is 11.2. The van der Waals surface area contributed by atoms with Crippen LogP contribution in [0.2, 0.25) is 0 Å². The van der Waals surface area contributed by atoms with Crippen molar-refractivity contribution in [2.24, 2.45) is 0 Å². The van der Waals surface area contributed by atoms with Crippen LogP contribution in [0.1, 0.15) is 30.2 Å². The Morgan fingerprint density at radius 3 is 2.78 bits per heavy atom. The molecule has 0 radical (unpaired) electrons. The Morgan fingerprint density at radius 1 is 1.22 bits per heavy atom. The monoisotopic (exact) mass is 312 g/mol. The number of nitrogens with one attached hydrogen (secondary N) is 1. The molecule has 5 heteroatoms. The normalized spacial score (nSPS) is 19.6. The van der Waals surface area contributed by atoms with Gasteiger partial charge in [-0.15, -0.1) is 5.10 Å². The first kappa shape index (κ1) is 15.9. The molecule has 5 nitrogen and oxygen atoms in total. The second-order valence-corrected chi connectivity index (χ2v) is 6.15. The zero-order chi connectivity index (χ0) is 16.1. The van der Waals surface area contributed by atoms with Crippen LogP contribution in [0.4, 0.5) is 5.82 Å². The molecule has 1 aliphatic heterocycles. The maximum absolute atomic E-state index is 10.3. The molecule has 122 valence electrons. The molecule has 0 spiro atoms. The zero-order valence-electron chi connectivity index (χ0n) is 13.5. The second kappa shape index (κ2) is 7.53. The number of aryl methyl sites for hydroxylation is 1. The second-order valence-electron chi connectivity index (χ2n) is 6.15. The minimum absolute atomic E-state index is 0.366. The van der Waals surface area contributed by atoms with Gasteiger partial charge >= 0.3 is 0 Å². The van der Waals surface area contributed by atoms with Gasteiger partial charge in [0.2, 0.25) is 0 Å². The third-order valence-corrected chi connectivity index (χ3v) is 4.31. The summed E-state index contributed by atoms with van der Waals surface area (Å²) >= 11 is 0. The minimum Gasteiger partial charge on any atom is -0.387 e. The van der Waals surface area contributed by atoms with E-state index in [2.05, 4.69) is 20.4 Å². The molecule has 0 amide bonds. The molecule has 1 saturated heterocycles. The Morgan fingerprint density at radius 2 is 2.04 bits per heavy atom. The van der Waals surface area contributed by atoms with E-state index in [1.165, 1.54) is 0 Å². The van der Waals surface area contributed by atoms with Crippen molar-refractivity contribution in [2.45, 2.75) is 31.9 Å². The van der Waals surface area contributed by atoms with Crippen LogP contribution in [0.15, 0.2) is 42.5 Å². The van der Waals surface area contributed by atoms with Crippen LogP contribution in [0.5, 0.6) is 0 Å². The number of benzene rings is 1. The molecule has 1 aromatic carbocycles. The summed E-state index contributed by atoms with van der Waals surface area (Å²) in [4.78, 5) is 2.27. The number of nitrogens with zero attached hydrogens (tertiary/aromatic N) is 3. The smallest absolute Gasteiger partial charge is 0.151 e. The van der Waals surface area contributed by atoms with E-state index >= 15 is 0 Å². The van der Waals surface area contributed by atoms with Crippen LogP contribution in [-0.2, 0) is 0 Å². The largest absolute Gasteiger partial charge is 0.387 e. The van der Waals surface area contributed by atoms with Crippen molar-refractivity contribution < 1.29 is 5.11 Å². The molecule has 2 heterocycles. The van der Waals surface area contributed by atoms with Crippen LogP contribution >= 0.6 is 0 Å². The lowest BCUT2D eigenvalue weighted by Gasteiger charge is -2.34.